The van der Waals surface area contributed by atoms with Crippen molar-refractivity contribution in [2.75, 3.05) is 5.32 Å². The summed E-state index contributed by atoms with van der Waals surface area (Å²) in [5.41, 5.74) is -0.524. The first-order valence-corrected chi connectivity index (χ1v) is 6.45. The predicted molar refractivity (Wildman–Crippen MR) is 77.6 cm³/mol. The van der Waals surface area contributed by atoms with E-state index in [9.17, 15) is 23.3 Å². The summed E-state index contributed by atoms with van der Waals surface area (Å²) in [4.78, 5) is 10.1. The maximum atomic E-state index is 12.6. The van der Waals surface area contributed by atoms with Crippen molar-refractivity contribution < 1.29 is 18.1 Å². The van der Waals surface area contributed by atoms with Gasteiger partial charge in [0.25, 0.3) is 5.69 Å². The molecule has 116 valence electrons. The molecule has 0 heterocycles. The van der Waals surface area contributed by atoms with Gasteiger partial charge in [-0.1, -0.05) is 17.7 Å². The Kier molecular flexibility index (Phi) is 4.27. The molecule has 0 saturated heterocycles. The summed E-state index contributed by atoms with van der Waals surface area (Å²) in [5, 5.41) is 14.1. The number of benzene rings is 2. The van der Waals surface area contributed by atoms with Crippen LogP contribution in [0.2, 0.25) is 5.02 Å². The molecule has 2 aromatic rings. The van der Waals surface area contributed by atoms with Crippen molar-refractivity contribution in [3.63, 3.8) is 0 Å². The number of nitrogens with zero attached hydrogens (tertiary/aromatic N) is 1. The molecular formula is C14H10ClF3N2O2. The highest BCUT2D eigenvalue weighted by Gasteiger charge is 2.33. The van der Waals surface area contributed by atoms with Crippen molar-refractivity contribution in [1.82, 2.24) is 0 Å². The first kappa shape index (κ1) is 16.1. The van der Waals surface area contributed by atoms with Gasteiger partial charge in [-0.3, -0.25) is 10.1 Å². The standard InChI is InChI=1S/C14H10ClF3N2O2/c1-8-2-4-10(7-11(8)15)19-12-5-3-9(14(16,17)18)6-13(12)20(21)22/h2-7,19H,1H3. The molecule has 0 saturated carbocycles. The fourth-order valence-electron chi connectivity index (χ4n) is 1.79. The topological polar surface area (TPSA) is 55.2 Å². The first-order chi connectivity index (χ1) is 10.2. The molecule has 0 aliphatic heterocycles. The minimum Gasteiger partial charge on any atom is -0.350 e. The van der Waals surface area contributed by atoms with Gasteiger partial charge in [0.15, 0.2) is 0 Å². The summed E-state index contributed by atoms with van der Waals surface area (Å²) in [5.74, 6) is 0. The number of aryl methyl sites for hydroxylation is 1. The van der Waals surface area contributed by atoms with Crippen LogP contribution in [0.5, 0.6) is 0 Å². The molecule has 1 N–H and O–H groups in total. The number of hydrogen-bond donors (Lipinski definition) is 1. The minimum atomic E-state index is -4.64. The van der Waals surface area contributed by atoms with Crippen molar-refractivity contribution >= 4 is 28.7 Å². The minimum absolute atomic E-state index is 0.0436. The van der Waals surface area contributed by atoms with Crippen LogP contribution in [0, 0.1) is 17.0 Å². The Morgan fingerprint density at radius 1 is 1.18 bits per heavy atom. The van der Waals surface area contributed by atoms with E-state index in [-0.39, 0.29) is 5.69 Å². The normalized spacial score (nSPS) is 11.3. The summed E-state index contributed by atoms with van der Waals surface area (Å²) in [6, 6.07) is 7.17. The van der Waals surface area contributed by atoms with Gasteiger partial charge in [-0.2, -0.15) is 13.2 Å². The summed E-state index contributed by atoms with van der Waals surface area (Å²) in [6.07, 6.45) is -4.64. The molecule has 0 bridgehead atoms. The number of nitro benzene ring substituents is 1. The zero-order chi connectivity index (χ0) is 16.5. The Hall–Kier alpha value is -2.28. The van der Waals surface area contributed by atoms with E-state index in [2.05, 4.69) is 5.32 Å². The van der Waals surface area contributed by atoms with Gasteiger partial charge in [0.05, 0.1) is 10.5 Å². The molecule has 0 radical (unpaired) electrons. The molecular weight excluding hydrogens is 321 g/mol. The van der Waals surface area contributed by atoms with Crippen molar-refractivity contribution in [1.29, 1.82) is 0 Å². The molecule has 0 fully saturated rings. The monoisotopic (exact) mass is 330 g/mol. The molecule has 4 nitrogen and oxygen atoms in total. The smallest absolute Gasteiger partial charge is 0.350 e. The van der Waals surface area contributed by atoms with E-state index in [1.165, 1.54) is 6.07 Å². The summed E-state index contributed by atoms with van der Waals surface area (Å²) in [6.45, 7) is 1.78. The second kappa shape index (κ2) is 5.84. The van der Waals surface area contributed by atoms with Gasteiger partial charge in [-0.05, 0) is 36.8 Å². The van der Waals surface area contributed by atoms with Crippen LogP contribution in [0.1, 0.15) is 11.1 Å². The van der Waals surface area contributed by atoms with Gasteiger partial charge >= 0.3 is 6.18 Å². The van der Waals surface area contributed by atoms with Crippen LogP contribution in [0.4, 0.5) is 30.2 Å². The zero-order valence-corrected chi connectivity index (χ0v) is 12.0. The third-order valence-corrected chi connectivity index (χ3v) is 3.38. The van der Waals surface area contributed by atoms with Crippen LogP contribution in [0.15, 0.2) is 36.4 Å². The predicted octanol–water partition coefficient (Wildman–Crippen LogP) is 5.32. The Morgan fingerprint density at radius 2 is 1.86 bits per heavy atom. The first-order valence-electron chi connectivity index (χ1n) is 6.07. The van der Waals surface area contributed by atoms with Gasteiger partial charge in [0.2, 0.25) is 0 Å². The quantitative estimate of drug-likeness (QED) is 0.612. The zero-order valence-electron chi connectivity index (χ0n) is 11.2. The average molecular weight is 331 g/mol. The lowest BCUT2D eigenvalue weighted by molar-refractivity contribution is -0.384. The Bertz CT molecular complexity index is 733. The molecule has 0 aliphatic carbocycles. The van der Waals surface area contributed by atoms with Crippen molar-refractivity contribution in [2.45, 2.75) is 13.1 Å². The van der Waals surface area contributed by atoms with Crippen LogP contribution >= 0.6 is 11.6 Å². The van der Waals surface area contributed by atoms with Crippen LogP contribution in [-0.4, -0.2) is 4.92 Å². The number of hydrogen-bond acceptors (Lipinski definition) is 3. The molecule has 22 heavy (non-hydrogen) atoms. The van der Waals surface area contributed by atoms with Crippen LogP contribution in [0.25, 0.3) is 0 Å². The van der Waals surface area contributed by atoms with E-state index < -0.39 is 22.4 Å². The maximum absolute atomic E-state index is 12.6. The average Bonchev–Trinajstić information content (AvgIpc) is 2.42. The summed E-state index contributed by atoms with van der Waals surface area (Å²) >= 11 is 5.94. The van der Waals surface area contributed by atoms with Crippen LogP contribution in [0.3, 0.4) is 0 Å². The fraction of sp³-hybridized carbons (Fsp3) is 0.143. The van der Waals surface area contributed by atoms with E-state index in [0.29, 0.717) is 16.8 Å². The molecule has 8 heteroatoms. The number of nitrogens with one attached hydrogen (secondary N) is 1. The highest BCUT2D eigenvalue weighted by atomic mass is 35.5. The lowest BCUT2D eigenvalue weighted by Gasteiger charge is -2.11. The third kappa shape index (κ3) is 3.48. The van der Waals surface area contributed by atoms with Crippen molar-refractivity contribution in [3.8, 4) is 0 Å². The Morgan fingerprint density at radius 3 is 2.41 bits per heavy atom. The number of anilines is 2. The largest absolute Gasteiger partial charge is 0.416 e. The van der Waals surface area contributed by atoms with Crippen LogP contribution in [-0.2, 0) is 6.18 Å². The molecule has 2 rings (SSSR count). The number of rotatable bonds is 3. The molecule has 0 amide bonds. The molecule has 0 unspecified atom stereocenters. The van der Waals surface area contributed by atoms with Crippen LogP contribution < -0.4 is 5.32 Å². The summed E-state index contributed by atoms with van der Waals surface area (Å²) in [7, 11) is 0. The van der Waals surface area contributed by atoms with E-state index in [1.54, 1.807) is 19.1 Å². The fourth-order valence-corrected chi connectivity index (χ4v) is 1.97. The van der Waals surface area contributed by atoms with Gasteiger partial charge in [0, 0.05) is 16.8 Å². The molecule has 0 atom stereocenters. The molecule has 0 spiro atoms. The number of nitro groups is 1. The lowest BCUT2D eigenvalue weighted by atomic mass is 10.1. The highest BCUT2D eigenvalue weighted by Crippen LogP contribution is 2.36. The highest BCUT2D eigenvalue weighted by molar-refractivity contribution is 6.31. The number of halogens is 4. The molecule has 0 aromatic heterocycles. The van der Waals surface area contributed by atoms with E-state index in [4.69, 9.17) is 11.6 Å². The third-order valence-electron chi connectivity index (χ3n) is 2.97. The van der Waals surface area contributed by atoms with Gasteiger partial charge in [0.1, 0.15) is 5.69 Å². The second-order valence-corrected chi connectivity index (χ2v) is 4.98. The van der Waals surface area contributed by atoms with Gasteiger partial charge < -0.3 is 5.32 Å². The Balaban J connectivity index is 2.42. The SMILES string of the molecule is Cc1ccc(Nc2ccc(C(F)(F)F)cc2[N+](=O)[O-])cc1Cl. The van der Waals surface area contributed by atoms with Gasteiger partial charge in [-0.25, -0.2) is 0 Å². The summed E-state index contributed by atoms with van der Waals surface area (Å²) < 4.78 is 37.9. The number of alkyl halides is 3. The van der Waals surface area contributed by atoms with Crippen molar-refractivity contribution in [3.05, 3.63) is 62.7 Å². The lowest BCUT2D eigenvalue weighted by Crippen LogP contribution is -2.06. The second-order valence-electron chi connectivity index (χ2n) is 4.58. The van der Waals surface area contributed by atoms with Gasteiger partial charge in [-0.15, -0.1) is 0 Å². The van der Waals surface area contributed by atoms with Crippen molar-refractivity contribution in [2.24, 2.45) is 0 Å². The van der Waals surface area contributed by atoms with E-state index in [1.807, 2.05) is 0 Å². The van der Waals surface area contributed by atoms with E-state index >= 15 is 0 Å². The maximum Gasteiger partial charge on any atom is 0.416 e. The molecule has 2 aromatic carbocycles. The molecule has 0 aliphatic rings. The Labute approximate surface area is 128 Å². The van der Waals surface area contributed by atoms with E-state index in [0.717, 1.165) is 17.7 Å².